The molecule has 1 fully saturated rings. The van der Waals surface area contributed by atoms with E-state index < -0.39 is 0 Å². The first-order valence-corrected chi connectivity index (χ1v) is 8.08. The SMILES string of the molecule is CC(C(=O)N1CCCCC1)N(C)Cc1cc(Br)cn1C. The number of likely N-dealkylation sites (tertiary alicyclic amines) is 1. The highest BCUT2D eigenvalue weighted by Crippen LogP contribution is 2.17. The molecular formula is C15H24BrN3O. The van der Waals surface area contributed by atoms with Crippen molar-refractivity contribution in [1.82, 2.24) is 14.4 Å². The van der Waals surface area contributed by atoms with Crippen LogP contribution in [0.15, 0.2) is 16.7 Å². The molecule has 2 heterocycles. The van der Waals surface area contributed by atoms with Crippen LogP contribution in [0.1, 0.15) is 31.9 Å². The third-order valence-electron chi connectivity index (χ3n) is 4.17. The van der Waals surface area contributed by atoms with Crippen molar-refractivity contribution >= 4 is 21.8 Å². The lowest BCUT2D eigenvalue weighted by molar-refractivity contribution is -0.137. The van der Waals surface area contributed by atoms with Crippen molar-refractivity contribution < 1.29 is 4.79 Å². The average Bonchev–Trinajstić information content (AvgIpc) is 2.76. The molecule has 1 unspecified atom stereocenters. The Morgan fingerprint density at radius 2 is 2.05 bits per heavy atom. The number of hydrogen-bond donors (Lipinski definition) is 0. The Balaban J connectivity index is 1.95. The first-order chi connectivity index (χ1) is 9.49. The minimum Gasteiger partial charge on any atom is -0.352 e. The molecule has 4 nitrogen and oxygen atoms in total. The molecule has 0 spiro atoms. The third kappa shape index (κ3) is 3.64. The highest BCUT2D eigenvalue weighted by molar-refractivity contribution is 9.10. The van der Waals surface area contributed by atoms with Crippen molar-refractivity contribution in [1.29, 1.82) is 0 Å². The fraction of sp³-hybridized carbons (Fsp3) is 0.667. The summed E-state index contributed by atoms with van der Waals surface area (Å²) in [6, 6.07) is 2.04. The molecule has 1 aromatic rings. The Hall–Kier alpha value is -0.810. The molecule has 112 valence electrons. The maximum atomic E-state index is 12.5. The standard InChI is InChI=1S/C15H24BrN3O/c1-12(15(20)19-7-5-4-6-8-19)17(2)11-14-9-13(16)10-18(14)3/h9-10,12H,4-8,11H2,1-3H3. The van der Waals surface area contributed by atoms with E-state index >= 15 is 0 Å². The van der Waals surface area contributed by atoms with Crippen molar-refractivity contribution in [2.45, 2.75) is 38.8 Å². The number of rotatable bonds is 4. The predicted molar refractivity (Wildman–Crippen MR) is 84.5 cm³/mol. The molecule has 0 saturated carbocycles. The smallest absolute Gasteiger partial charge is 0.239 e. The van der Waals surface area contributed by atoms with E-state index in [1.54, 1.807) is 0 Å². The van der Waals surface area contributed by atoms with Gasteiger partial charge in [0, 0.05) is 43.0 Å². The van der Waals surface area contributed by atoms with Crippen LogP contribution >= 0.6 is 15.9 Å². The largest absolute Gasteiger partial charge is 0.352 e. The van der Waals surface area contributed by atoms with Crippen LogP contribution in [0.2, 0.25) is 0 Å². The number of carbonyl (C=O) groups is 1. The van der Waals surface area contributed by atoms with Crippen LogP contribution in [-0.4, -0.2) is 46.5 Å². The van der Waals surface area contributed by atoms with E-state index in [1.165, 1.54) is 12.1 Å². The van der Waals surface area contributed by atoms with Gasteiger partial charge in [0.05, 0.1) is 6.04 Å². The van der Waals surface area contributed by atoms with E-state index in [4.69, 9.17) is 0 Å². The molecule has 1 amide bonds. The number of carbonyl (C=O) groups excluding carboxylic acids is 1. The minimum atomic E-state index is -0.0678. The molecule has 20 heavy (non-hydrogen) atoms. The lowest BCUT2D eigenvalue weighted by Gasteiger charge is -2.32. The molecule has 5 heteroatoms. The van der Waals surface area contributed by atoms with Gasteiger partial charge >= 0.3 is 0 Å². The third-order valence-corrected chi connectivity index (χ3v) is 4.61. The highest BCUT2D eigenvalue weighted by atomic mass is 79.9. The predicted octanol–water partition coefficient (Wildman–Crippen LogP) is 2.62. The van der Waals surface area contributed by atoms with Gasteiger partial charge in [0.15, 0.2) is 0 Å². The monoisotopic (exact) mass is 341 g/mol. The number of piperidine rings is 1. The van der Waals surface area contributed by atoms with Crippen LogP contribution in [0.25, 0.3) is 0 Å². The van der Waals surface area contributed by atoms with E-state index in [1.807, 2.05) is 32.1 Å². The maximum absolute atomic E-state index is 12.5. The van der Waals surface area contributed by atoms with Crippen molar-refractivity contribution in [3.8, 4) is 0 Å². The topological polar surface area (TPSA) is 28.5 Å². The van der Waals surface area contributed by atoms with Crippen LogP contribution < -0.4 is 0 Å². The van der Waals surface area contributed by atoms with Gasteiger partial charge in [-0.15, -0.1) is 0 Å². The normalized spacial score (nSPS) is 17.6. The van der Waals surface area contributed by atoms with Crippen LogP contribution in [0.5, 0.6) is 0 Å². The summed E-state index contributed by atoms with van der Waals surface area (Å²) in [4.78, 5) is 16.6. The number of aromatic nitrogens is 1. The number of halogens is 1. The van der Waals surface area contributed by atoms with Crippen LogP contribution in [0, 0.1) is 0 Å². The van der Waals surface area contributed by atoms with Gasteiger partial charge in [-0.3, -0.25) is 9.69 Å². The Bertz CT molecular complexity index is 466. The molecule has 0 aliphatic carbocycles. The van der Waals surface area contributed by atoms with Crippen LogP contribution in [0.3, 0.4) is 0 Å². The number of nitrogens with zero attached hydrogens (tertiary/aromatic N) is 3. The zero-order valence-corrected chi connectivity index (χ0v) is 14.2. The molecule has 1 atom stereocenters. The molecule has 0 bridgehead atoms. The summed E-state index contributed by atoms with van der Waals surface area (Å²) in [5.41, 5.74) is 1.21. The second kappa shape index (κ2) is 6.76. The Morgan fingerprint density at radius 1 is 1.40 bits per heavy atom. The number of hydrogen-bond acceptors (Lipinski definition) is 2. The van der Waals surface area contributed by atoms with Gasteiger partial charge in [0.1, 0.15) is 0 Å². The summed E-state index contributed by atoms with van der Waals surface area (Å²) in [7, 11) is 4.05. The molecule has 1 aliphatic rings. The zero-order chi connectivity index (χ0) is 14.7. The van der Waals surface area contributed by atoms with E-state index in [0.29, 0.717) is 0 Å². The van der Waals surface area contributed by atoms with Gasteiger partial charge in [-0.25, -0.2) is 0 Å². The van der Waals surface area contributed by atoms with Gasteiger partial charge in [-0.1, -0.05) is 0 Å². The number of amides is 1. The van der Waals surface area contributed by atoms with E-state index in [-0.39, 0.29) is 11.9 Å². The fourth-order valence-corrected chi connectivity index (χ4v) is 3.25. The van der Waals surface area contributed by atoms with Gasteiger partial charge in [0.25, 0.3) is 0 Å². The van der Waals surface area contributed by atoms with E-state index in [2.05, 4.69) is 31.5 Å². The second-order valence-corrected chi connectivity index (χ2v) is 6.65. The Labute approximate surface area is 129 Å². The second-order valence-electron chi connectivity index (χ2n) is 5.74. The van der Waals surface area contributed by atoms with E-state index in [9.17, 15) is 4.79 Å². The van der Waals surface area contributed by atoms with Crippen molar-refractivity contribution in [3.05, 3.63) is 22.4 Å². The van der Waals surface area contributed by atoms with Crippen LogP contribution in [-0.2, 0) is 18.4 Å². The molecule has 1 aromatic heterocycles. The minimum absolute atomic E-state index is 0.0678. The summed E-state index contributed by atoms with van der Waals surface area (Å²) < 4.78 is 3.18. The summed E-state index contributed by atoms with van der Waals surface area (Å²) in [5, 5.41) is 0. The van der Waals surface area contributed by atoms with Gasteiger partial charge in [-0.2, -0.15) is 0 Å². The van der Waals surface area contributed by atoms with Gasteiger partial charge in [-0.05, 0) is 55.2 Å². The Morgan fingerprint density at radius 3 is 2.60 bits per heavy atom. The Kier molecular flexibility index (Phi) is 5.27. The van der Waals surface area contributed by atoms with Crippen molar-refractivity contribution in [3.63, 3.8) is 0 Å². The van der Waals surface area contributed by atoms with Gasteiger partial charge < -0.3 is 9.47 Å². The lowest BCUT2D eigenvalue weighted by atomic mass is 10.1. The quantitative estimate of drug-likeness (QED) is 0.842. The summed E-state index contributed by atoms with van der Waals surface area (Å²) in [6.45, 7) is 4.64. The zero-order valence-electron chi connectivity index (χ0n) is 12.6. The van der Waals surface area contributed by atoms with Crippen molar-refractivity contribution in [2.75, 3.05) is 20.1 Å². The number of likely N-dealkylation sites (N-methyl/N-ethyl adjacent to an activating group) is 1. The maximum Gasteiger partial charge on any atom is 0.239 e. The fourth-order valence-electron chi connectivity index (χ4n) is 2.68. The first kappa shape index (κ1) is 15.6. The average molecular weight is 342 g/mol. The molecule has 0 aromatic carbocycles. The van der Waals surface area contributed by atoms with Gasteiger partial charge in [0.2, 0.25) is 5.91 Å². The van der Waals surface area contributed by atoms with E-state index in [0.717, 1.165) is 36.9 Å². The molecule has 1 saturated heterocycles. The first-order valence-electron chi connectivity index (χ1n) is 7.29. The van der Waals surface area contributed by atoms with Crippen LogP contribution in [0.4, 0.5) is 0 Å². The molecule has 0 N–H and O–H groups in total. The van der Waals surface area contributed by atoms with Crippen molar-refractivity contribution in [2.24, 2.45) is 7.05 Å². The summed E-state index contributed by atoms with van der Waals surface area (Å²) in [6.07, 6.45) is 5.59. The summed E-state index contributed by atoms with van der Waals surface area (Å²) in [5.74, 6) is 0.264. The molecule has 2 rings (SSSR count). The molecule has 1 aliphatic heterocycles. The lowest BCUT2D eigenvalue weighted by Crippen LogP contribution is -2.47. The molecule has 0 radical (unpaired) electrons. The molecular weight excluding hydrogens is 318 g/mol. The highest BCUT2D eigenvalue weighted by Gasteiger charge is 2.25. The summed E-state index contributed by atoms with van der Waals surface area (Å²) >= 11 is 3.49. The number of aryl methyl sites for hydroxylation is 1.